The second-order valence-corrected chi connectivity index (χ2v) is 7.25. The van der Waals surface area contributed by atoms with E-state index in [1.54, 1.807) is 0 Å². The number of carbonyl (C=O) groups excluding carboxylic acids is 2. The van der Waals surface area contributed by atoms with E-state index in [9.17, 15) is 9.59 Å². The van der Waals surface area contributed by atoms with E-state index >= 15 is 0 Å². The molecule has 1 amide bonds. The second-order valence-electron chi connectivity index (χ2n) is 7.25. The molecular weight excluding hydrogens is 240 g/mol. The van der Waals surface area contributed by atoms with Crippen molar-refractivity contribution in [2.24, 2.45) is 5.41 Å². The molecule has 19 heavy (non-hydrogen) atoms. The average molecular weight is 271 g/mol. The number of nitrogens with one attached hydrogen (secondary N) is 1. The first-order chi connectivity index (χ1) is 8.52. The SMILES string of the molecule is CC(=O)CCC(=O)NCC[N+](C)(C)CCC(C)(C)C. The number of Topliss-reactive ketones (excluding diaryl/α,β-unsaturated/α-hetero) is 1. The van der Waals surface area contributed by atoms with Crippen LogP contribution in [0.4, 0.5) is 0 Å². The van der Waals surface area contributed by atoms with Crippen LogP contribution >= 0.6 is 0 Å². The molecule has 0 spiro atoms. The molecule has 4 heteroatoms. The minimum atomic E-state index is -0.0222. The number of carbonyl (C=O) groups is 2. The van der Waals surface area contributed by atoms with Crippen molar-refractivity contribution in [1.82, 2.24) is 5.32 Å². The molecule has 0 fully saturated rings. The van der Waals surface area contributed by atoms with Crippen molar-refractivity contribution < 1.29 is 14.1 Å². The van der Waals surface area contributed by atoms with Gasteiger partial charge in [0.2, 0.25) is 5.91 Å². The van der Waals surface area contributed by atoms with Crippen molar-refractivity contribution in [1.29, 1.82) is 0 Å². The predicted octanol–water partition coefficient (Wildman–Crippen LogP) is 1.98. The first-order valence-corrected chi connectivity index (χ1v) is 7.10. The topological polar surface area (TPSA) is 46.2 Å². The van der Waals surface area contributed by atoms with E-state index in [0.29, 0.717) is 24.8 Å². The number of amides is 1. The number of ketones is 1. The van der Waals surface area contributed by atoms with Crippen LogP contribution in [0, 0.1) is 5.41 Å². The van der Waals surface area contributed by atoms with E-state index in [1.807, 2.05) is 0 Å². The molecule has 0 rings (SSSR count). The Morgan fingerprint density at radius 2 is 1.63 bits per heavy atom. The molecule has 0 atom stereocenters. The fourth-order valence-corrected chi connectivity index (χ4v) is 1.63. The fourth-order valence-electron chi connectivity index (χ4n) is 1.63. The van der Waals surface area contributed by atoms with E-state index in [4.69, 9.17) is 0 Å². The van der Waals surface area contributed by atoms with Crippen molar-refractivity contribution in [3.63, 3.8) is 0 Å². The third-order valence-electron chi connectivity index (χ3n) is 3.21. The molecule has 0 aromatic rings. The Morgan fingerprint density at radius 3 is 2.11 bits per heavy atom. The third-order valence-corrected chi connectivity index (χ3v) is 3.21. The monoisotopic (exact) mass is 271 g/mol. The number of quaternary nitrogens is 1. The maximum atomic E-state index is 11.5. The molecule has 0 aromatic carbocycles. The van der Waals surface area contributed by atoms with Gasteiger partial charge in [-0.15, -0.1) is 0 Å². The molecule has 0 aliphatic carbocycles. The van der Waals surface area contributed by atoms with Crippen LogP contribution in [0.3, 0.4) is 0 Å². The number of rotatable bonds is 8. The highest BCUT2D eigenvalue weighted by Crippen LogP contribution is 2.19. The van der Waals surface area contributed by atoms with Crippen molar-refractivity contribution in [3.8, 4) is 0 Å². The second kappa shape index (κ2) is 7.63. The van der Waals surface area contributed by atoms with Gasteiger partial charge in [-0.25, -0.2) is 0 Å². The molecule has 0 radical (unpaired) electrons. The maximum Gasteiger partial charge on any atom is 0.220 e. The molecule has 1 N–H and O–H groups in total. The van der Waals surface area contributed by atoms with Crippen LogP contribution in [0.1, 0.15) is 47.0 Å². The first kappa shape index (κ1) is 18.1. The zero-order valence-corrected chi connectivity index (χ0v) is 13.5. The fraction of sp³-hybridized carbons (Fsp3) is 0.867. The van der Waals surface area contributed by atoms with Crippen molar-refractivity contribution in [2.45, 2.75) is 47.0 Å². The van der Waals surface area contributed by atoms with E-state index in [1.165, 1.54) is 6.92 Å². The Morgan fingerprint density at radius 1 is 1.05 bits per heavy atom. The van der Waals surface area contributed by atoms with E-state index in [2.05, 4.69) is 40.2 Å². The van der Waals surface area contributed by atoms with E-state index < -0.39 is 0 Å². The molecule has 0 saturated heterocycles. The first-order valence-electron chi connectivity index (χ1n) is 7.10. The molecule has 0 bridgehead atoms. The van der Waals surface area contributed by atoms with Crippen LogP contribution < -0.4 is 5.32 Å². The van der Waals surface area contributed by atoms with E-state index in [-0.39, 0.29) is 11.7 Å². The van der Waals surface area contributed by atoms with Crippen LogP contribution in [0.2, 0.25) is 0 Å². The lowest BCUT2D eigenvalue weighted by atomic mass is 9.92. The summed E-state index contributed by atoms with van der Waals surface area (Å²) < 4.78 is 0.907. The Balaban J connectivity index is 3.85. The molecule has 0 unspecified atom stereocenters. The van der Waals surface area contributed by atoms with Gasteiger partial charge >= 0.3 is 0 Å². The Hall–Kier alpha value is -0.900. The highest BCUT2D eigenvalue weighted by Gasteiger charge is 2.20. The third kappa shape index (κ3) is 11.9. The summed E-state index contributed by atoms with van der Waals surface area (Å²) in [5.74, 6) is 0.0439. The summed E-state index contributed by atoms with van der Waals surface area (Å²) in [5, 5.41) is 2.88. The largest absolute Gasteiger partial charge is 0.350 e. The molecule has 0 heterocycles. The van der Waals surface area contributed by atoms with Crippen molar-refractivity contribution in [2.75, 3.05) is 33.7 Å². The Kier molecular flexibility index (Phi) is 7.27. The molecule has 112 valence electrons. The van der Waals surface area contributed by atoms with Crippen molar-refractivity contribution >= 4 is 11.7 Å². The highest BCUT2D eigenvalue weighted by molar-refractivity contribution is 5.83. The summed E-state index contributed by atoms with van der Waals surface area (Å²) >= 11 is 0. The summed E-state index contributed by atoms with van der Waals surface area (Å²) in [4.78, 5) is 22.3. The Bertz CT molecular complexity index is 304. The minimum absolute atomic E-state index is 0.0222. The van der Waals surface area contributed by atoms with E-state index in [0.717, 1.165) is 24.0 Å². The molecule has 4 nitrogen and oxygen atoms in total. The summed E-state index contributed by atoms with van der Waals surface area (Å²) in [5.41, 5.74) is 0.347. The lowest BCUT2D eigenvalue weighted by Crippen LogP contribution is -2.46. The van der Waals surface area contributed by atoms with Crippen LogP contribution in [-0.2, 0) is 9.59 Å². The predicted molar refractivity (Wildman–Crippen MR) is 78.8 cm³/mol. The quantitative estimate of drug-likeness (QED) is 0.686. The van der Waals surface area contributed by atoms with Gasteiger partial charge in [0.05, 0.1) is 33.7 Å². The van der Waals surface area contributed by atoms with Gasteiger partial charge in [-0.3, -0.25) is 4.79 Å². The maximum absolute atomic E-state index is 11.5. The molecule has 0 aromatic heterocycles. The lowest BCUT2D eigenvalue weighted by molar-refractivity contribution is -0.889. The summed E-state index contributed by atoms with van der Waals surface area (Å²) in [7, 11) is 4.38. The average Bonchev–Trinajstić information content (AvgIpc) is 2.23. The molecular formula is C15H31N2O2+. The normalized spacial score (nSPS) is 12.3. The van der Waals surface area contributed by atoms with Gasteiger partial charge in [-0.2, -0.15) is 0 Å². The zero-order chi connectivity index (χ0) is 15.1. The van der Waals surface area contributed by atoms with Gasteiger partial charge in [0.1, 0.15) is 5.78 Å². The zero-order valence-electron chi connectivity index (χ0n) is 13.5. The van der Waals surface area contributed by atoms with Gasteiger partial charge in [-0.05, 0) is 12.3 Å². The smallest absolute Gasteiger partial charge is 0.220 e. The summed E-state index contributed by atoms with van der Waals surface area (Å²) in [6.45, 7) is 11.0. The number of hydrogen-bond donors (Lipinski definition) is 1. The van der Waals surface area contributed by atoms with Crippen LogP contribution in [0.25, 0.3) is 0 Å². The number of nitrogens with zero attached hydrogens (tertiary/aromatic N) is 1. The molecule has 0 saturated carbocycles. The highest BCUT2D eigenvalue weighted by atomic mass is 16.2. The standard InChI is InChI=1S/C15H30N2O2/c1-13(18)7-8-14(19)16-10-12-17(5,6)11-9-15(2,3)4/h7-12H2,1-6H3/p+1. The molecule has 0 aliphatic heterocycles. The van der Waals surface area contributed by atoms with Crippen LogP contribution in [0.15, 0.2) is 0 Å². The lowest BCUT2D eigenvalue weighted by Gasteiger charge is -2.32. The van der Waals surface area contributed by atoms with Gasteiger partial charge in [0, 0.05) is 19.3 Å². The number of likely N-dealkylation sites (N-methyl/N-ethyl adjacent to an activating group) is 1. The van der Waals surface area contributed by atoms with Gasteiger partial charge in [0.25, 0.3) is 0 Å². The Labute approximate surface area is 118 Å². The van der Waals surface area contributed by atoms with Gasteiger partial charge < -0.3 is 14.6 Å². The number of hydrogen-bond acceptors (Lipinski definition) is 2. The summed E-state index contributed by atoms with van der Waals surface area (Å²) in [6.07, 6.45) is 1.82. The van der Waals surface area contributed by atoms with Crippen LogP contribution in [0.5, 0.6) is 0 Å². The minimum Gasteiger partial charge on any atom is -0.350 e. The summed E-state index contributed by atoms with van der Waals surface area (Å²) in [6, 6.07) is 0. The van der Waals surface area contributed by atoms with Crippen LogP contribution in [-0.4, -0.2) is 49.9 Å². The van der Waals surface area contributed by atoms with Crippen molar-refractivity contribution in [3.05, 3.63) is 0 Å². The van der Waals surface area contributed by atoms with Gasteiger partial charge in [0.15, 0.2) is 0 Å². The molecule has 0 aliphatic rings. The van der Waals surface area contributed by atoms with Gasteiger partial charge in [-0.1, -0.05) is 20.8 Å².